The summed E-state index contributed by atoms with van der Waals surface area (Å²) < 4.78 is 0.528. The molecule has 0 aliphatic heterocycles. The lowest BCUT2D eigenvalue weighted by molar-refractivity contribution is -0.119. The smallest absolute Gasteiger partial charge is 0.289 e. The largest absolute Gasteiger partial charge is 0.387 e. The van der Waals surface area contributed by atoms with E-state index in [9.17, 15) is 14.8 Å². The predicted molar refractivity (Wildman–Crippen MR) is 49.7 cm³/mol. The zero-order valence-electron chi connectivity index (χ0n) is 6.44. The van der Waals surface area contributed by atoms with Gasteiger partial charge >= 0.3 is 0 Å². The average Bonchev–Trinajstić information content (AvgIpc) is 2.51. The Balaban J connectivity index is 2.63. The molecule has 1 aromatic rings. The minimum absolute atomic E-state index is 0.291. The van der Waals surface area contributed by atoms with E-state index < -0.39 is 12.0 Å². The highest BCUT2D eigenvalue weighted by Gasteiger charge is 2.14. The molecular formula is C7H6ClNO3S. The van der Waals surface area contributed by atoms with Gasteiger partial charge in [-0.15, -0.1) is 16.2 Å². The molecule has 0 saturated heterocycles. The van der Waals surface area contributed by atoms with E-state index in [0.29, 0.717) is 9.21 Å². The fourth-order valence-corrected chi connectivity index (χ4v) is 1.86. The number of carbonyl (C=O) groups is 1. The molecule has 1 heterocycles. The monoisotopic (exact) mass is 219 g/mol. The molecule has 0 saturated carbocycles. The van der Waals surface area contributed by atoms with Gasteiger partial charge in [-0.1, -0.05) is 11.6 Å². The number of amides is 1. The Labute approximate surface area is 83.1 Å². The third kappa shape index (κ3) is 2.87. The van der Waals surface area contributed by atoms with Crippen molar-refractivity contribution in [3.63, 3.8) is 0 Å². The summed E-state index contributed by atoms with van der Waals surface area (Å²) >= 11 is 6.78. The van der Waals surface area contributed by atoms with Crippen LogP contribution in [0, 0.1) is 4.91 Å². The minimum atomic E-state index is -0.984. The molecule has 6 heteroatoms. The lowest BCUT2D eigenvalue weighted by atomic mass is 10.2. The van der Waals surface area contributed by atoms with Gasteiger partial charge in [0.25, 0.3) is 5.91 Å². The number of nitroso groups, excluding NO2 is 1. The van der Waals surface area contributed by atoms with Gasteiger partial charge in [-0.3, -0.25) is 4.79 Å². The summed E-state index contributed by atoms with van der Waals surface area (Å²) in [5.41, 5.74) is 0. The van der Waals surface area contributed by atoms with Crippen LogP contribution >= 0.6 is 22.9 Å². The van der Waals surface area contributed by atoms with E-state index in [1.165, 1.54) is 11.3 Å². The Morgan fingerprint density at radius 3 is 2.85 bits per heavy atom. The maximum atomic E-state index is 10.5. The van der Waals surface area contributed by atoms with Crippen molar-refractivity contribution in [2.24, 2.45) is 5.18 Å². The van der Waals surface area contributed by atoms with Crippen molar-refractivity contribution >= 4 is 28.8 Å². The maximum Gasteiger partial charge on any atom is 0.289 e. The summed E-state index contributed by atoms with van der Waals surface area (Å²) in [6.45, 7) is 0. The lowest BCUT2D eigenvalue weighted by Gasteiger charge is -2.02. The minimum Gasteiger partial charge on any atom is -0.387 e. The topological polar surface area (TPSA) is 66.7 Å². The Hall–Kier alpha value is -0.780. The van der Waals surface area contributed by atoms with Crippen LogP contribution in [0.5, 0.6) is 0 Å². The number of halogens is 1. The van der Waals surface area contributed by atoms with E-state index in [0.717, 1.165) is 0 Å². The van der Waals surface area contributed by atoms with Gasteiger partial charge in [-0.25, -0.2) is 0 Å². The number of hydrogen-bond acceptors (Lipinski definition) is 4. The lowest BCUT2D eigenvalue weighted by Crippen LogP contribution is -2.01. The van der Waals surface area contributed by atoms with Gasteiger partial charge in [0, 0.05) is 10.1 Å². The third-order valence-corrected chi connectivity index (χ3v) is 2.72. The number of aliphatic hydroxyl groups excluding tert-OH is 1. The van der Waals surface area contributed by atoms with Gasteiger partial charge in [0.15, 0.2) is 0 Å². The standard InChI is InChI=1S/C7H6ClNO3S/c8-6-2-1-5(13-6)4(10)3-7(11)9-12/h1-2,4,10H,3H2. The van der Waals surface area contributed by atoms with Crippen LogP contribution in [0.25, 0.3) is 0 Å². The van der Waals surface area contributed by atoms with Crippen LogP contribution in [0.4, 0.5) is 0 Å². The molecule has 1 amide bonds. The number of nitrogens with zero attached hydrogens (tertiary/aromatic N) is 1. The second-order valence-corrected chi connectivity index (χ2v) is 4.09. The van der Waals surface area contributed by atoms with Crippen molar-refractivity contribution in [2.75, 3.05) is 0 Å². The Kier molecular flexibility index (Phi) is 3.53. The molecule has 70 valence electrons. The van der Waals surface area contributed by atoms with E-state index >= 15 is 0 Å². The second-order valence-electron chi connectivity index (χ2n) is 2.35. The van der Waals surface area contributed by atoms with Crippen LogP contribution in [0.2, 0.25) is 4.34 Å². The van der Waals surface area contributed by atoms with Crippen molar-refractivity contribution in [3.05, 3.63) is 26.3 Å². The van der Waals surface area contributed by atoms with Crippen molar-refractivity contribution < 1.29 is 9.90 Å². The first-order valence-electron chi connectivity index (χ1n) is 3.43. The van der Waals surface area contributed by atoms with Crippen LogP contribution in [0.15, 0.2) is 17.3 Å². The molecule has 0 bridgehead atoms. The Bertz CT molecular complexity index is 325. The summed E-state index contributed by atoms with van der Waals surface area (Å²) in [5.74, 6) is -0.864. The van der Waals surface area contributed by atoms with Gasteiger partial charge in [0.05, 0.1) is 16.9 Å². The van der Waals surface area contributed by atoms with Gasteiger partial charge in [0.2, 0.25) is 0 Å². The SMILES string of the molecule is O=NC(=O)CC(O)c1ccc(Cl)s1. The molecule has 1 rings (SSSR count). The van der Waals surface area contributed by atoms with Crippen LogP contribution in [-0.2, 0) is 4.79 Å². The van der Waals surface area contributed by atoms with Gasteiger partial charge in [0.1, 0.15) is 0 Å². The molecule has 1 atom stereocenters. The highest BCUT2D eigenvalue weighted by Crippen LogP contribution is 2.28. The van der Waals surface area contributed by atoms with Gasteiger partial charge in [-0.2, -0.15) is 0 Å². The van der Waals surface area contributed by atoms with Crippen molar-refractivity contribution in [3.8, 4) is 0 Å². The van der Waals surface area contributed by atoms with Crippen molar-refractivity contribution in [1.82, 2.24) is 0 Å². The highest BCUT2D eigenvalue weighted by atomic mass is 35.5. The number of thiophene rings is 1. The number of hydrogen-bond donors (Lipinski definition) is 1. The highest BCUT2D eigenvalue weighted by molar-refractivity contribution is 7.16. The molecule has 0 fully saturated rings. The summed E-state index contributed by atoms with van der Waals surface area (Å²) in [4.78, 5) is 20.8. The molecule has 1 aromatic heterocycles. The van der Waals surface area contributed by atoms with Crippen molar-refractivity contribution in [1.29, 1.82) is 0 Å². The molecule has 1 N–H and O–H groups in total. The van der Waals surface area contributed by atoms with Crippen molar-refractivity contribution in [2.45, 2.75) is 12.5 Å². The number of aliphatic hydroxyl groups is 1. The first-order valence-corrected chi connectivity index (χ1v) is 4.62. The summed E-state index contributed by atoms with van der Waals surface area (Å²) in [6.07, 6.45) is -1.27. The van der Waals surface area contributed by atoms with E-state index in [1.54, 1.807) is 12.1 Å². The van der Waals surface area contributed by atoms with Gasteiger partial charge < -0.3 is 5.11 Å². The van der Waals surface area contributed by atoms with Gasteiger partial charge in [-0.05, 0) is 12.1 Å². The maximum absolute atomic E-state index is 10.5. The second kappa shape index (κ2) is 4.45. The molecule has 0 aliphatic carbocycles. The van der Waals surface area contributed by atoms with Crippen LogP contribution < -0.4 is 0 Å². The zero-order chi connectivity index (χ0) is 9.84. The fourth-order valence-electron chi connectivity index (χ4n) is 0.811. The molecule has 0 radical (unpaired) electrons. The van der Waals surface area contributed by atoms with E-state index in [-0.39, 0.29) is 6.42 Å². The number of rotatable bonds is 3. The zero-order valence-corrected chi connectivity index (χ0v) is 8.01. The first-order chi connectivity index (χ1) is 6.13. The fraction of sp³-hybridized carbons (Fsp3) is 0.286. The normalized spacial score (nSPS) is 12.5. The third-order valence-electron chi connectivity index (χ3n) is 1.39. The molecule has 1 unspecified atom stereocenters. The van der Waals surface area contributed by atoms with E-state index in [2.05, 4.69) is 5.18 Å². The van der Waals surface area contributed by atoms with Crippen LogP contribution in [0.1, 0.15) is 17.4 Å². The quantitative estimate of drug-likeness (QED) is 0.792. The molecular weight excluding hydrogens is 214 g/mol. The molecule has 0 aliphatic rings. The van der Waals surface area contributed by atoms with E-state index in [4.69, 9.17) is 11.6 Å². The molecule has 13 heavy (non-hydrogen) atoms. The summed E-state index contributed by atoms with van der Waals surface area (Å²) in [7, 11) is 0. The van der Waals surface area contributed by atoms with E-state index in [1.807, 2.05) is 0 Å². The first kappa shape index (κ1) is 10.3. The molecule has 0 aromatic carbocycles. The summed E-state index contributed by atoms with van der Waals surface area (Å²) in [6, 6.07) is 3.22. The predicted octanol–water partition coefficient (Wildman–Crippen LogP) is 2.12. The van der Waals surface area contributed by atoms with Crippen LogP contribution in [0.3, 0.4) is 0 Å². The Morgan fingerprint density at radius 1 is 1.69 bits per heavy atom. The molecule has 0 spiro atoms. The average molecular weight is 220 g/mol. The van der Waals surface area contributed by atoms with Crippen LogP contribution in [-0.4, -0.2) is 11.0 Å². The Morgan fingerprint density at radius 2 is 2.38 bits per heavy atom. The molecule has 4 nitrogen and oxygen atoms in total. The number of carbonyl (C=O) groups excluding carboxylic acids is 1. The summed E-state index contributed by atoms with van der Waals surface area (Å²) in [5, 5.41) is 11.6.